The Balaban J connectivity index is 1.49. The fourth-order valence-corrected chi connectivity index (χ4v) is 6.42. The van der Waals surface area contributed by atoms with Gasteiger partial charge in [0.05, 0.1) is 12.2 Å². The van der Waals surface area contributed by atoms with Crippen molar-refractivity contribution in [2.24, 2.45) is 17.3 Å². The first-order chi connectivity index (χ1) is 20.8. The largest absolute Gasteiger partial charge is 0.387 e. The van der Waals surface area contributed by atoms with Crippen molar-refractivity contribution in [2.45, 2.75) is 122 Å². The standard InChI is InChI=1S/C31H49N7O6/c1-6-8-21(24(39)29(43)35-19-11-12-19)36-28(42)23-20-10-7-9-18(20)16-38(23)30(44)25(31(3,4)5)37-26(40)17(2)34-27(41)22-15-32-13-14-33-22/h13-15,17-21,23-25,29,35,39,43H,6-12,16H2,1-5H3,(H,34,41)(H,36,42)(H,37,40)/t17-,18-,20-,21-,23-,24?,25+,29?/m0/s1. The highest BCUT2D eigenvalue weighted by atomic mass is 16.3. The number of aliphatic hydroxyl groups is 2. The zero-order valence-electron chi connectivity index (χ0n) is 26.5. The highest BCUT2D eigenvalue weighted by Crippen LogP contribution is 2.43. The number of nitrogens with zero attached hydrogens (tertiary/aromatic N) is 3. The van der Waals surface area contributed by atoms with Gasteiger partial charge in [0.2, 0.25) is 17.7 Å². The molecular formula is C31H49N7O6. The quantitative estimate of drug-likeness (QED) is 0.172. The first-order valence-electron chi connectivity index (χ1n) is 15.9. The summed E-state index contributed by atoms with van der Waals surface area (Å²) in [4.78, 5) is 63.4. The van der Waals surface area contributed by atoms with Crippen LogP contribution in [0.4, 0.5) is 0 Å². The average molecular weight is 616 g/mol. The van der Waals surface area contributed by atoms with E-state index in [4.69, 9.17) is 0 Å². The van der Waals surface area contributed by atoms with E-state index in [9.17, 15) is 29.4 Å². The predicted molar refractivity (Wildman–Crippen MR) is 162 cm³/mol. The summed E-state index contributed by atoms with van der Waals surface area (Å²) < 4.78 is 0. The topological polar surface area (TPSA) is 186 Å². The summed E-state index contributed by atoms with van der Waals surface area (Å²) >= 11 is 0. The molecule has 0 aromatic carbocycles. The molecule has 1 aliphatic heterocycles. The van der Waals surface area contributed by atoms with E-state index in [0.717, 1.165) is 32.1 Å². The minimum Gasteiger partial charge on any atom is -0.387 e. The summed E-state index contributed by atoms with van der Waals surface area (Å²) in [5, 5.41) is 32.9. The van der Waals surface area contributed by atoms with E-state index in [1.165, 1.54) is 25.5 Å². The fourth-order valence-electron chi connectivity index (χ4n) is 6.42. The Hall–Kier alpha value is -3.16. The van der Waals surface area contributed by atoms with Crippen molar-refractivity contribution >= 4 is 23.6 Å². The molecule has 0 bridgehead atoms. The van der Waals surface area contributed by atoms with Gasteiger partial charge in [-0.15, -0.1) is 0 Å². The second-order valence-electron chi connectivity index (χ2n) is 13.7. The molecule has 2 unspecified atom stereocenters. The van der Waals surface area contributed by atoms with Crippen LogP contribution >= 0.6 is 0 Å². The van der Waals surface area contributed by atoms with E-state index in [1.807, 2.05) is 27.7 Å². The van der Waals surface area contributed by atoms with Crippen LogP contribution in [0.15, 0.2) is 18.6 Å². The SMILES string of the molecule is CCC[C@H](NC(=O)[C@@H]1[C@H]2CCC[C@H]2CN1C(=O)[C@@H](NC(=O)[C@H](C)NC(=O)c1cnccn1)C(C)(C)C)C(O)C(O)NC1CC1. The van der Waals surface area contributed by atoms with Crippen molar-refractivity contribution in [2.75, 3.05) is 6.54 Å². The average Bonchev–Trinajstić information content (AvgIpc) is 3.54. The van der Waals surface area contributed by atoms with Crippen molar-refractivity contribution in [1.29, 1.82) is 0 Å². The van der Waals surface area contributed by atoms with Gasteiger partial charge in [-0.3, -0.25) is 29.5 Å². The molecule has 244 valence electrons. The maximum Gasteiger partial charge on any atom is 0.272 e. The molecule has 1 saturated heterocycles. The minimum absolute atomic E-state index is 0.0330. The number of carbonyl (C=O) groups excluding carboxylic acids is 4. The summed E-state index contributed by atoms with van der Waals surface area (Å²) in [6.07, 6.45) is 7.44. The number of nitrogens with one attached hydrogen (secondary N) is 4. The van der Waals surface area contributed by atoms with Crippen LogP contribution in [0, 0.1) is 17.3 Å². The van der Waals surface area contributed by atoms with Crippen molar-refractivity contribution in [3.8, 4) is 0 Å². The molecule has 8 atom stereocenters. The summed E-state index contributed by atoms with van der Waals surface area (Å²) in [7, 11) is 0. The van der Waals surface area contributed by atoms with Crippen molar-refractivity contribution in [1.82, 2.24) is 36.1 Å². The van der Waals surface area contributed by atoms with Crippen LogP contribution < -0.4 is 21.3 Å². The number of aliphatic hydroxyl groups excluding tert-OH is 2. The number of amides is 4. The molecule has 44 heavy (non-hydrogen) atoms. The van der Waals surface area contributed by atoms with Gasteiger partial charge in [0.25, 0.3) is 5.91 Å². The lowest BCUT2D eigenvalue weighted by Gasteiger charge is -2.37. The number of rotatable bonds is 13. The first kappa shape index (κ1) is 33.7. The van der Waals surface area contributed by atoms with E-state index in [0.29, 0.717) is 19.4 Å². The van der Waals surface area contributed by atoms with Crippen LogP contribution in [-0.4, -0.2) is 97.8 Å². The van der Waals surface area contributed by atoms with Gasteiger partial charge in [0.1, 0.15) is 36.2 Å². The molecule has 2 saturated carbocycles. The lowest BCUT2D eigenvalue weighted by Crippen LogP contribution is -2.62. The molecule has 2 aliphatic carbocycles. The Labute approximate surface area is 259 Å². The second kappa shape index (κ2) is 14.3. The summed E-state index contributed by atoms with van der Waals surface area (Å²) in [6, 6.07) is -3.21. The van der Waals surface area contributed by atoms with Crippen LogP contribution in [0.2, 0.25) is 0 Å². The maximum atomic E-state index is 14.2. The van der Waals surface area contributed by atoms with E-state index in [1.54, 1.807) is 4.90 Å². The number of fused-ring (bicyclic) bond motifs is 1. The Bertz CT molecular complexity index is 1170. The second-order valence-corrected chi connectivity index (χ2v) is 13.7. The van der Waals surface area contributed by atoms with Gasteiger partial charge in [-0.2, -0.15) is 0 Å². The van der Waals surface area contributed by atoms with Crippen LogP contribution in [-0.2, 0) is 14.4 Å². The van der Waals surface area contributed by atoms with Crippen LogP contribution in [0.25, 0.3) is 0 Å². The lowest BCUT2D eigenvalue weighted by atomic mass is 9.85. The predicted octanol–water partition coefficient (Wildman–Crippen LogP) is 0.469. The van der Waals surface area contributed by atoms with Crippen LogP contribution in [0.5, 0.6) is 0 Å². The number of likely N-dealkylation sites (tertiary alicyclic amines) is 1. The molecule has 4 amide bonds. The normalized spacial score (nSPS) is 24.9. The molecule has 6 N–H and O–H groups in total. The highest BCUT2D eigenvalue weighted by molar-refractivity contribution is 5.97. The van der Waals surface area contributed by atoms with Crippen LogP contribution in [0.1, 0.15) is 90.1 Å². The zero-order chi connectivity index (χ0) is 32.2. The van der Waals surface area contributed by atoms with E-state index in [2.05, 4.69) is 31.2 Å². The summed E-state index contributed by atoms with van der Waals surface area (Å²) in [6.45, 7) is 9.38. The maximum absolute atomic E-state index is 14.2. The monoisotopic (exact) mass is 615 g/mol. The smallest absolute Gasteiger partial charge is 0.272 e. The molecule has 2 heterocycles. The molecule has 3 fully saturated rings. The van der Waals surface area contributed by atoms with E-state index in [-0.39, 0.29) is 35.4 Å². The molecule has 0 spiro atoms. The van der Waals surface area contributed by atoms with Crippen molar-refractivity contribution < 1.29 is 29.4 Å². The molecule has 13 heteroatoms. The Morgan fingerprint density at radius 3 is 2.39 bits per heavy atom. The fraction of sp³-hybridized carbons (Fsp3) is 0.742. The molecular weight excluding hydrogens is 566 g/mol. The number of hydrogen-bond donors (Lipinski definition) is 6. The third-order valence-electron chi connectivity index (χ3n) is 9.03. The van der Waals surface area contributed by atoms with Crippen molar-refractivity contribution in [3.05, 3.63) is 24.3 Å². The van der Waals surface area contributed by atoms with E-state index < -0.39 is 53.7 Å². The summed E-state index contributed by atoms with van der Waals surface area (Å²) in [5.74, 6) is -1.70. The third-order valence-corrected chi connectivity index (χ3v) is 9.03. The van der Waals surface area contributed by atoms with Gasteiger partial charge in [0, 0.05) is 25.0 Å². The Morgan fingerprint density at radius 1 is 1.05 bits per heavy atom. The van der Waals surface area contributed by atoms with E-state index >= 15 is 0 Å². The third kappa shape index (κ3) is 8.10. The highest BCUT2D eigenvalue weighted by Gasteiger charge is 2.52. The van der Waals surface area contributed by atoms with Gasteiger partial charge in [-0.1, -0.05) is 40.5 Å². The molecule has 3 aliphatic rings. The number of carbonyl (C=O) groups is 4. The number of aromatic nitrogens is 2. The van der Waals surface area contributed by atoms with Gasteiger partial charge in [0.15, 0.2) is 0 Å². The summed E-state index contributed by atoms with van der Waals surface area (Å²) in [5.41, 5.74) is -0.644. The Kier molecular flexibility index (Phi) is 11.0. The lowest BCUT2D eigenvalue weighted by molar-refractivity contribution is -0.145. The van der Waals surface area contributed by atoms with Gasteiger partial charge in [-0.25, -0.2) is 4.98 Å². The van der Waals surface area contributed by atoms with Gasteiger partial charge < -0.3 is 31.1 Å². The van der Waals surface area contributed by atoms with Crippen LogP contribution in [0.3, 0.4) is 0 Å². The molecule has 1 aromatic heterocycles. The number of hydrogen-bond acceptors (Lipinski definition) is 9. The molecule has 1 aromatic rings. The molecule has 4 rings (SSSR count). The van der Waals surface area contributed by atoms with Gasteiger partial charge in [-0.05, 0) is 56.3 Å². The van der Waals surface area contributed by atoms with Crippen molar-refractivity contribution in [3.63, 3.8) is 0 Å². The molecule has 0 radical (unpaired) electrons. The minimum atomic E-state index is -1.20. The first-order valence-corrected chi connectivity index (χ1v) is 15.9. The van der Waals surface area contributed by atoms with Gasteiger partial charge >= 0.3 is 0 Å². The molecule has 13 nitrogen and oxygen atoms in total. The Morgan fingerprint density at radius 2 is 1.77 bits per heavy atom. The zero-order valence-corrected chi connectivity index (χ0v) is 26.5.